The van der Waals surface area contributed by atoms with Gasteiger partial charge in [-0.1, -0.05) is 81.5 Å². The molecule has 0 radical (unpaired) electrons. The van der Waals surface area contributed by atoms with Crippen LogP contribution in [0, 0.1) is 18.8 Å². The molecule has 5 aromatic rings. The van der Waals surface area contributed by atoms with Crippen molar-refractivity contribution in [1.29, 1.82) is 0 Å². The number of alkyl carbamates (subject to hydrolysis) is 1. The van der Waals surface area contributed by atoms with Crippen LogP contribution in [0.2, 0.25) is 5.02 Å². The largest absolute Gasteiger partial charge is 0.465 e. The maximum Gasteiger partial charge on any atom is 0.410 e. The molecule has 27 heteroatoms. The number of benzene rings is 1. The molecule has 22 nitrogen and oxygen atoms in total. The Morgan fingerprint density at radius 1 is 0.874 bits per heavy atom. The number of carbonyl (C=O) groups excluding carboxylic acids is 6. The minimum absolute atomic E-state index is 0.0938. The molecule has 2 aliphatic heterocycles. The third-order valence-corrected chi connectivity index (χ3v) is 15.2. The molecule has 2 fully saturated rings. The number of piperidine rings is 1. The normalized spacial score (nSPS) is 13.9. The van der Waals surface area contributed by atoms with E-state index in [4.69, 9.17) is 30.5 Å². The quantitative estimate of drug-likeness (QED) is 0.00585. The number of thioether (sulfide) groups is 1. The highest BCUT2D eigenvalue weighted by Gasteiger charge is 2.44. The Labute approximate surface area is 535 Å². The van der Waals surface area contributed by atoms with E-state index in [1.807, 2.05) is 58.2 Å². The number of amides is 5. The third-order valence-electron chi connectivity index (χ3n) is 13.1. The molecular formula is C60H87ClN12O10S4. The summed E-state index contributed by atoms with van der Waals surface area (Å²) in [6.07, 6.45) is 4.87. The van der Waals surface area contributed by atoms with E-state index in [2.05, 4.69) is 92.8 Å². The van der Waals surface area contributed by atoms with Crippen molar-refractivity contribution in [2.45, 2.75) is 137 Å². The molecular weight excluding hydrogens is 1210 g/mol. The number of nitrogens with zero attached hydrogens (tertiary/aromatic N) is 8. The highest BCUT2D eigenvalue weighted by molar-refractivity contribution is 8.59. The van der Waals surface area contributed by atoms with Crippen molar-refractivity contribution in [2.75, 3.05) is 95.9 Å². The molecule has 2 saturated heterocycles. The number of hydrogen-bond donors (Lipinski definition) is 6. The van der Waals surface area contributed by atoms with Gasteiger partial charge < -0.3 is 54.6 Å². The zero-order chi connectivity index (χ0) is 64.2. The molecule has 6 heterocycles. The molecule has 87 heavy (non-hydrogen) atoms. The Balaban J connectivity index is 0.000000371. The van der Waals surface area contributed by atoms with Crippen LogP contribution in [0.4, 0.5) is 15.4 Å². The molecule has 478 valence electrons. The first-order chi connectivity index (χ1) is 41.5. The summed E-state index contributed by atoms with van der Waals surface area (Å²) in [5.74, 6) is 6.75. The number of ether oxygens (including phenoxy) is 4. The number of nitrogens with one attached hydrogen (secondary N) is 4. The van der Waals surface area contributed by atoms with Crippen molar-refractivity contribution in [2.24, 2.45) is 0 Å². The third kappa shape index (κ3) is 25.1. The van der Waals surface area contributed by atoms with Gasteiger partial charge in [-0.05, 0) is 104 Å². The Morgan fingerprint density at radius 3 is 2.22 bits per heavy atom. The number of esters is 1. The zero-order valence-electron chi connectivity index (χ0n) is 52.0. The van der Waals surface area contributed by atoms with Gasteiger partial charge in [0.1, 0.15) is 56.8 Å². The molecule has 1 aromatic carbocycles. The van der Waals surface area contributed by atoms with E-state index in [9.17, 15) is 28.8 Å². The Hall–Kier alpha value is -6.08. The lowest BCUT2D eigenvalue weighted by molar-refractivity contribution is -0.140. The highest BCUT2D eigenvalue weighted by atomic mass is 35.5. The van der Waals surface area contributed by atoms with Crippen molar-refractivity contribution >= 4 is 121 Å². The summed E-state index contributed by atoms with van der Waals surface area (Å²) < 4.78 is 21.9. The van der Waals surface area contributed by atoms with Crippen LogP contribution in [0.5, 0.6) is 0 Å². The number of hydrogen-bond acceptors (Lipinski definition) is 20. The van der Waals surface area contributed by atoms with Gasteiger partial charge in [0.25, 0.3) is 0 Å². The van der Waals surface area contributed by atoms with E-state index in [1.165, 1.54) is 34.3 Å². The predicted molar refractivity (Wildman–Crippen MR) is 351 cm³/mol. The van der Waals surface area contributed by atoms with Crippen molar-refractivity contribution in [3.05, 3.63) is 70.2 Å². The lowest BCUT2D eigenvalue weighted by atomic mass is 9.86. The number of rotatable bonds is 21. The lowest BCUT2D eigenvalue weighted by Crippen LogP contribution is -2.63. The number of anilines is 1. The smallest absolute Gasteiger partial charge is 0.410 e. The fourth-order valence-electron chi connectivity index (χ4n) is 8.68. The van der Waals surface area contributed by atoms with Gasteiger partial charge in [0.2, 0.25) is 17.7 Å². The number of H-pyrrole nitrogens is 1. The number of thiol groups is 2. The molecule has 0 unspecified atom stereocenters. The van der Waals surface area contributed by atoms with Gasteiger partial charge in [-0.25, -0.2) is 29.5 Å². The molecule has 0 aliphatic carbocycles. The van der Waals surface area contributed by atoms with E-state index in [-0.39, 0.29) is 68.7 Å². The average Bonchev–Trinajstić information content (AvgIpc) is 2.23. The summed E-state index contributed by atoms with van der Waals surface area (Å²) in [4.78, 5) is 106. The highest BCUT2D eigenvalue weighted by Crippen LogP contribution is 2.32. The number of aryl methyl sites for hydroxylation is 1. The van der Waals surface area contributed by atoms with E-state index < -0.39 is 28.9 Å². The van der Waals surface area contributed by atoms with Gasteiger partial charge in [-0.15, -0.1) is 34.7 Å². The molecule has 2 aliphatic rings. The summed E-state index contributed by atoms with van der Waals surface area (Å²) in [6.45, 7) is 26.8. The number of likely N-dealkylation sites (N-methyl/N-ethyl adjacent to an activating group) is 1. The van der Waals surface area contributed by atoms with E-state index in [0.29, 0.717) is 68.0 Å². The van der Waals surface area contributed by atoms with Crippen LogP contribution in [0.1, 0.15) is 118 Å². The van der Waals surface area contributed by atoms with Crippen molar-refractivity contribution in [1.82, 2.24) is 55.6 Å². The number of fused-ring (bicyclic) bond motifs is 2. The standard InChI is InChI=1S/C34H50N6O7S2.C24H29ClN6O3.C2H6.H2S2/c1-7-9-19-46-30(43)24-48-31-27-22-26(49-32(27)37-25(3)36-31)11-10-13-35-28(41)12-20-45-21-18-40(33(44)47-34(4,5)6)23-29(42)39-16-14-38(8-2)15-17-39;1-23(2,3)34-22(33)30-24(21(32)27-14-16-4-6-17(25)7-5-16)9-12-31(13-10-24)20-18-8-11-26-19(18)28-15-29-20;2*1-2/h22H,7-9,12-21,23-24H2,1-6H3,(H,35,41);4-8,11,15H,9-10,12-14H2,1-3H3,(H,27,32)(H,30,33)(H,26,28,29);1-2H3;1-2H. The maximum absolute atomic E-state index is 13.4. The molecule has 7 rings (SSSR count). The summed E-state index contributed by atoms with van der Waals surface area (Å²) in [5, 5.41) is 11.7. The van der Waals surface area contributed by atoms with E-state index >= 15 is 0 Å². The van der Waals surface area contributed by atoms with Gasteiger partial charge in [0.15, 0.2) is 0 Å². The molecule has 0 spiro atoms. The summed E-state index contributed by atoms with van der Waals surface area (Å²) in [7, 11) is 0. The first-order valence-electron chi connectivity index (χ1n) is 29.2. The van der Waals surface area contributed by atoms with Gasteiger partial charge in [0, 0.05) is 75.4 Å². The zero-order valence-corrected chi connectivity index (χ0v) is 56.2. The fourth-order valence-corrected chi connectivity index (χ4v) is 10.7. The average molecular weight is 1300 g/mol. The molecule has 0 saturated carbocycles. The summed E-state index contributed by atoms with van der Waals surface area (Å²) in [6, 6.07) is 11.1. The Kier molecular flexibility index (Phi) is 31.2. The molecule has 4 N–H and O–H groups in total. The van der Waals surface area contributed by atoms with Crippen molar-refractivity contribution in [3.63, 3.8) is 0 Å². The first-order valence-corrected chi connectivity index (χ1v) is 33.0. The fraction of sp³-hybridized carbons (Fsp3) is 0.567. The van der Waals surface area contributed by atoms with E-state index in [1.54, 1.807) is 58.6 Å². The van der Waals surface area contributed by atoms with Gasteiger partial charge in [-0.2, -0.15) is 0 Å². The van der Waals surface area contributed by atoms with Crippen LogP contribution in [0.15, 0.2) is 53.9 Å². The number of piperazine rings is 1. The minimum Gasteiger partial charge on any atom is -0.465 e. The first kappa shape index (κ1) is 73.4. The van der Waals surface area contributed by atoms with Crippen LogP contribution < -0.4 is 20.9 Å². The van der Waals surface area contributed by atoms with Crippen LogP contribution in [0.25, 0.3) is 21.3 Å². The van der Waals surface area contributed by atoms with Crippen LogP contribution in [-0.2, 0) is 44.7 Å². The maximum atomic E-state index is 13.4. The van der Waals surface area contributed by atoms with Crippen molar-refractivity contribution in [3.8, 4) is 11.8 Å². The topological polar surface area (TPSA) is 256 Å². The molecule has 0 bridgehead atoms. The van der Waals surface area contributed by atoms with Gasteiger partial charge >= 0.3 is 18.2 Å². The van der Waals surface area contributed by atoms with Crippen LogP contribution >= 0.6 is 58.0 Å². The summed E-state index contributed by atoms with van der Waals surface area (Å²) >= 11 is 15.1. The SMILES string of the molecule is CC.CC(C)(C)OC(=O)NC1(C(=O)NCc2ccc(Cl)cc2)CCN(c2ncnc3[nH]ccc23)CC1.CCCCOC(=O)CSc1nc(C)nc2sc(C#CCNC(=O)CCOCCN(CC(=O)N3CCN(CC)CC3)C(=O)OC(C)(C)C)cc12.SS. The monoisotopic (exact) mass is 1300 g/mol. The van der Waals surface area contributed by atoms with Crippen LogP contribution in [0.3, 0.4) is 0 Å². The number of halogens is 1. The van der Waals surface area contributed by atoms with Crippen molar-refractivity contribution < 1.29 is 47.7 Å². The Morgan fingerprint density at radius 2 is 1.56 bits per heavy atom. The predicted octanol–water partition coefficient (Wildman–Crippen LogP) is 9.29. The minimum atomic E-state index is -1.10. The molecule has 0 atom stereocenters. The van der Waals surface area contributed by atoms with E-state index in [0.717, 1.165) is 70.0 Å². The Bertz CT molecular complexity index is 3060. The number of unbranched alkanes of at least 4 members (excludes halogenated alkanes) is 1. The lowest BCUT2D eigenvalue weighted by Gasteiger charge is -2.41. The number of aromatic nitrogens is 5. The molecule has 4 aromatic heterocycles. The molecule has 5 amide bonds. The number of thiophene rings is 1. The second kappa shape index (κ2) is 37.0. The number of aromatic amines is 1. The second-order valence-corrected chi connectivity index (χ2v) is 24.3. The van der Waals surface area contributed by atoms with Gasteiger partial charge in [0.05, 0.1) is 42.4 Å². The van der Waals surface area contributed by atoms with Gasteiger partial charge in [-0.3, -0.25) is 24.1 Å². The summed E-state index contributed by atoms with van der Waals surface area (Å²) in [5.41, 5.74) is -0.806. The number of carbonyl (C=O) groups is 6. The van der Waals surface area contributed by atoms with Crippen LogP contribution in [-0.4, -0.2) is 183 Å². The second-order valence-electron chi connectivity index (χ2n) is 21.9.